The van der Waals surface area contributed by atoms with Crippen LogP contribution in [0.15, 0.2) is 0 Å². The molecule has 0 saturated heterocycles. The second-order valence-electron chi connectivity index (χ2n) is 3.02. The van der Waals surface area contributed by atoms with Gasteiger partial charge in [0.25, 0.3) is 0 Å². The van der Waals surface area contributed by atoms with Gasteiger partial charge in [0.2, 0.25) is 0 Å². The number of hydrogen-bond acceptors (Lipinski definition) is 4. The number of aliphatic carboxylic acids is 1. The molecule has 0 aromatic rings. The SMILES string of the molecule is CCC(N)N(CC(=O)O)C(N)CC. The minimum atomic E-state index is -0.896. The van der Waals surface area contributed by atoms with Crippen LogP contribution in [-0.4, -0.2) is 34.9 Å². The summed E-state index contributed by atoms with van der Waals surface area (Å²) >= 11 is 0. The summed E-state index contributed by atoms with van der Waals surface area (Å²) in [5.41, 5.74) is 11.4. The average molecular weight is 189 g/mol. The van der Waals surface area contributed by atoms with Gasteiger partial charge in [-0.1, -0.05) is 13.8 Å². The van der Waals surface area contributed by atoms with Crippen molar-refractivity contribution in [3.8, 4) is 0 Å². The van der Waals surface area contributed by atoms with Gasteiger partial charge in [0.05, 0.1) is 18.9 Å². The van der Waals surface area contributed by atoms with Gasteiger partial charge < -0.3 is 16.6 Å². The summed E-state index contributed by atoms with van der Waals surface area (Å²) in [7, 11) is 0. The van der Waals surface area contributed by atoms with Gasteiger partial charge in [-0.2, -0.15) is 0 Å². The van der Waals surface area contributed by atoms with Crippen LogP contribution in [-0.2, 0) is 4.79 Å². The van der Waals surface area contributed by atoms with E-state index in [1.807, 2.05) is 13.8 Å². The van der Waals surface area contributed by atoms with Crippen LogP contribution >= 0.6 is 0 Å². The van der Waals surface area contributed by atoms with Gasteiger partial charge in [0.15, 0.2) is 0 Å². The zero-order chi connectivity index (χ0) is 10.4. The van der Waals surface area contributed by atoms with Crippen LogP contribution in [0.4, 0.5) is 0 Å². The molecular weight excluding hydrogens is 170 g/mol. The minimum Gasteiger partial charge on any atom is -0.480 e. The first-order chi connectivity index (χ1) is 6.02. The van der Waals surface area contributed by atoms with Gasteiger partial charge in [-0.25, -0.2) is 0 Å². The molecule has 5 heteroatoms. The summed E-state index contributed by atoms with van der Waals surface area (Å²) in [4.78, 5) is 12.1. The van der Waals surface area contributed by atoms with Crippen molar-refractivity contribution in [2.45, 2.75) is 39.0 Å². The van der Waals surface area contributed by atoms with Gasteiger partial charge in [-0.05, 0) is 12.8 Å². The van der Waals surface area contributed by atoms with E-state index in [0.717, 1.165) is 0 Å². The summed E-state index contributed by atoms with van der Waals surface area (Å²) in [6.45, 7) is 3.72. The maximum absolute atomic E-state index is 10.5. The first kappa shape index (κ1) is 12.3. The predicted molar refractivity (Wildman–Crippen MR) is 50.9 cm³/mol. The molecule has 0 aromatic carbocycles. The van der Waals surface area contributed by atoms with E-state index in [9.17, 15) is 4.79 Å². The Labute approximate surface area is 78.7 Å². The summed E-state index contributed by atoms with van der Waals surface area (Å²) in [6.07, 6.45) is 0.846. The number of nitrogens with zero attached hydrogens (tertiary/aromatic N) is 1. The van der Waals surface area contributed by atoms with E-state index in [2.05, 4.69) is 0 Å². The first-order valence-electron chi connectivity index (χ1n) is 4.51. The van der Waals surface area contributed by atoms with Crippen LogP contribution in [0, 0.1) is 0 Å². The Kier molecular flexibility index (Phi) is 5.61. The molecule has 0 fully saturated rings. The third-order valence-corrected chi connectivity index (χ3v) is 2.01. The summed E-state index contributed by atoms with van der Waals surface area (Å²) < 4.78 is 0. The Bertz CT molecular complexity index is 153. The Morgan fingerprint density at radius 1 is 1.31 bits per heavy atom. The summed E-state index contributed by atoms with van der Waals surface area (Å²) in [5.74, 6) is -0.896. The van der Waals surface area contributed by atoms with Gasteiger partial charge in [0, 0.05) is 0 Å². The van der Waals surface area contributed by atoms with Crippen molar-refractivity contribution in [2.24, 2.45) is 11.5 Å². The number of hydrogen-bond donors (Lipinski definition) is 3. The van der Waals surface area contributed by atoms with Crippen LogP contribution in [0.5, 0.6) is 0 Å². The van der Waals surface area contributed by atoms with Gasteiger partial charge >= 0.3 is 5.97 Å². The predicted octanol–water partition coefficient (Wildman–Crippen LogP) is -0.237. The molecule has 0 aliphatic rings. The van der Waals surface area contributed by atoms with E-state index in [0.29, 0.717) is 12.8 Å². The van der Waals surface area contributed by atoms with Crippen LogP contribution in [0.1, 0.15) is 26.7 Å². The number of rotatable bonds is 6. The molecule has 78 valence electrons. The van der Waals surface area contributed by atoms with E-state index in [1.165, 1.54) is 0 Å². The lowest BCUT2D eigenvalue weighted by molar-refractivity contribution is -0.139. The molecular formula is C8H19N3O2. The van der Waals surface area contributed by atoms with E-state index in [-0.39, 0.29) is 18.9 Å². The highest BCUT2D eigenvalue weighted by Gasteiger charge is 2.20. The molecule has 0 spiro atoms. The molecule has 0 amide bonds. The Morgan fingerprint density at radius 2 is 1.69 bits per heavy atom. The van der Waals surface area contributed by atoms with Crippen molar-refractivity contribution in [3.05, 3.63) is 0 Å². The summed E-state index contributed by atoms with van der Waals surface area (Å²) in [6, 6.07) is 0. The minimum absolute atomic E-state index is 0.0932. The van der Waals surface area contributed by atoms with Gasteiger partial charge in [0.1, 0.15) is 0 Å². The lowest BCUT2D eigenvalue weighted by Crippen LogP contribution is -2.53. The maximum atomic E-state index is 10.5. The molecule has 0 heterocycles. The molecule has 0 aliphatic heterocycles. The highest BCUT2D eigenvalue weighted by molar-refractivity contribution is 5.69. The van der Waals surface area contributed by atoms with Crippen LogP contribution < -0.4 is 11.5 Å². The number of carboxylic acids is 1. The quantitative estimate of drug-likeness (QED) is 0.502. The Hall–Kier alpha value is -0.650. The molecule has 2 atom stereocenters. The van der Waals surface area contributed by atoms with E-state index < -0.39 is 5.97 Å². The zero-order valence-electron chi connectivity index (χ0n) is 8.23. The highest BCUT2D eigenvalue weighted by atomic mass is 16.4. The van der Waals surface area contributed by atoms with Crippen LogP contribution in [0.25, 0.3) is 0 Å². The first-order valence-corrected chi connectivity index (χ1v) is 4.51. The van der Waals surface area contributed by atoms with Crippen LogP contribution in [0.2, 0.25) is 0 Å². The van der Waals surface area contributed by atoms with E-state index >= 15 is 0 Å². The number of nitrogens with two attached hydrogens (primary N) is 2. The molecule has 0 aromatic heterocycles. The lowest BCUT2D eigenvalue weighted by atomic mass is 10.2. The molecule has 0 rings (SSSR count). The Balaban J connectivity index is 4.26. The molecule has 0 saturated carbocycles. The fourth-order valence-corrected chi connectivity index (χ4v) is 1.11. The number of carboxylic acid groups (broad SMARTS) is 1. The second-order valence-corrected chi connectivity index (χ2v) is 3.02. The normalized spacial score (nSPS) is 15.8. The standard InChI is InChI=1S/C8H19N3O2/c1-3-6(9)11(5-8(12)13)7(10)4-2/h6-7H,3-5,9-10H2,1-2H3,(H,12,13). The monoisotopic (exact) mass is 189 g/mol. The molecule has 0 bridgehead atoms. The van der Waals surface area contributed by atoms with Crippen molar-refractivity contribution >= 4 is 5.97 Å². The largest absolute Gasteiger partial charge is 0.480 e. The molecule has 2 unspecified atom stereocenters. The zero-order valence-corrected chi connectivity index (χ0v) is 8.23. The van der Waals surface area contributed by atoms with Crippen molar-refractivity contribution in [3.63, 3.8) is 0 Å². The van der Waals surface area contributed by atoms with Crippen LogP contribution in [0.3, 0.4) is 0 Å². The number of carbonyl (C=O) groups is 1. The molecule has 0 radical (unpaired) electrons. The van der Waals surface area contributed by atoms with Crippen molar-refractivity contribution in [1.82, 2.24) is 4.90 Å². The molecule has 13 heavy (non-hydrogen) atoms. The highest BCUT2D eigenvalue weighted by Crippen LogP contribution is 2.03. The molecule has 5 N–H and O–H groups in total. The fraction of sp³-hybridized carbons (Fsp3) is 0.875. The van der Waals surface area contributed by atoms with Gasteiger partial charge in [-0.15, -0.1) is 0 Å². The smallest absolute Gasteiger partial charge is 0.317 e. The maximum Gasteiger partial charge on any atom is 0.317 e. The fourth-order valence-electron chi connectivity index (χ4n) is 1.11. The second kappa shape index (κ2) is 5.90. The molecule has 5 nitrogen and oxygen atoms in total. The molecule has 0 aliphatic carbocycles. The van der Waals surface area contributed by atoms with Crippen molar-refractivity contribution in [2.75, 3.05) is 6.54 Å². The van der Waals surface area contributed by atoms with Crippen molar-refractivity contribution in [1.29, 1.82) is 0 Å². The summed E-state index contributed by atoms with van der Waals surface area (Å²) in [5, 5.41) is 8.62. The third kappa shape index (κ3) is 4.21. The third-order valence-electron chi connectivity index (χ3n) is 2.01. The van der Waals surface area contributed by atoms with E-state index in [1.54, 1.807) is 4.90 Å². The van der Waals surface area contributed by atoms with Gasteiger partial charge in [-0.3, -0.25) is 9.69 Å². The average Bonchev–Trinajstić information content (AvgIpc) is 2.11. The lowest BCUT2D eigenvalue weighted by Gasteiger charge is -2.31. The van der Waals surface area contributed by atoms with E-state index in [4.69, 9.17) is 16.6 Å². The topological polar surface area (TPSA) is 92.6 Å². The Morgan fingerprint density at radius 3 is 1.92 bits per heavy atom. The van der Waals surface area contributed by atoms with Crippen molar-refractivity contribution < 1.29 is 9.90 Å².